The van der Waals surface area contributed by atoms with Gasteiger partial charge in [0.25, 0.3) is 0 Å². The van der Waals surface area contributed by atoms with Crippen molar-refractivity contribution in [2.45, 2.75) is 90.8 Å². The van der Waals surface area contributed by atoms with Crippen molar-refractivity contribution in [2.75, 3.05) is 0 Å². The minimum Gasteiger partial charge on any atom is -0.550 e. The number of ketones is 1. The van der Waals surface area contributed by atoms with E-state index in [1.165, 1.54) is 0 Å². The van der Waals surface area contributed by atoms with E-state index in [1.807, 2.05) is 0 Å². The van der Waals surface area contributed by atoms with Crippen molar-refractivity contribution < 1.29 is 24.9 Å². The van der Waals surface area contributed by atoms with Crippen LogP contribution in [0.5, 0.6) is 0 Å². The molecule has 164 valence electrons. The lowest BCUT2D eigenvalue weighted by Gasteiger charge is -2.61. The summed E-state index contributed by atoms with van der Waals surface area (Å²) in [5.74, 6) is 0.477. The predicted octanol–water partition coefficient (Wildman–Crippen LogP) is 2.32. The number of aliphatic hydroxyl groups is 2. The summed E-state index contributed by atoms with van der Waals surface area (Å²) in [6.45, 7) is 6.49. The summed E-state index contributed by atoms with van der Waals surface area (Å²) in [5, 5.41) is 32.3. The van der Waals surface area contributed by atoms with Crippen LogP contribution in [0.1, 0.15) is 78.6 Å². The molecule has 0 aromatic carbocycles. The number of carboxylic acids is 1. The zero-order valence-electron chi connectivity index (χ0n) is 18.1. The summed E-state index contributed by atoms with van der Waals surface area (Å²) in [4.78, 5) is 24.6. The number of hydrogen-bond acceptors (Lipinski definition) is 5. The minimum atomic E-state index is -1.02. The highest BCUT2D eigenvalue weighted by Gasteiger charge is 2.65. The van der Waals surface area contributed by atoms with Crippen LogP contribution in [0, 0.1) is 46.3 Å². The van der Waals surface area contributed by atoms with Crippen LogP contribution in [-0.4, -0.2) is 34.2 Å². The van der Waals surface area contributed by atoms with Crippen molar-refractivity contribution in [2.24, 2.45) is 46.3 Å². The number of aliphatic hydroxyl groups excluding tert-OH is 2. The Balaban J connectivity index is 1.62. The first-order valence-electron chi connectivity index (χ1n) is 11.7. The minimum absolute atomic E-state index is 0.0266. The number of Topliss-reactive ketones (excluding diaryl/α,β-unsaturated/α-hetero) is 1. The fraction of sp³-hybridized carbons (Fsp3) is 0.917. The van der Waals surface area contributed by atoms with Crippen molar-refractivity contribution in [3.63, 3.8) is 0 Å². The molecule has 0 unspecified atom stereocenters. The van der Waals surface area contributed by atoms with Crippen molar-refractivity contribution in [3.05, 3.63) is 0 Å². The van der Waals surface area contributed by atoms with Gasteiger partial charge in [-0.05, 0) is 92.3 Å². The summed E-state index contributed by atoms with van der Waals surface area (Å²) in [6.07, 6.45) is 5.55. The maximum Gasteiger partial charge on any atom is 0.139 e. The maximum atomic E-state index is 13.6. The van der Waals surface area contributed by atoms with Gasteiger partial charge in [-0.25, -0.2) is 0 Å². The molecule has 0 amide bonds. The molecule has 0 aromatic rings. The van der Waals surface area contributed by atoms with Crippen LogP contribution in [0.2, 0.25) is 0 Å². The Morgan fingerprint density at radius 3 is 2.59 bits per heavy atom. The van der Waals surface area contributed by atoms with Gasteiger partial charge in [0.15, 0.2) is 0 Å². The van der Waals surface area contributed by atoms with Gasteiger partial charge in [-0.15, -0.1) is 0 Å². The van der Waals surface area contributed by atoms with Gasteiger partial charge in [-0.3, -0.25) is 4.79 Å². The predicted molar refractivity (Wildman–Crippen MR) is 106 cm³/mol. The van der Waals surface area contributed by atoms with Gasteiger partial charge in [0.1, 0.15) is 5.78 Å². The molecule has 10 atom stereocenters. The third-order valence-corrected chi connectivity index (χ3v) is 10.1. The van der Waals surface area contributed by atoms with Crippen LogP contribution in [0.4, 0.5) is 0 Å². The average Bonchev–Trinajstić information content (AvgIpc) is 3.01. The third kappa shape index (κ3) is 3.18. The molecule has 4 aliphatic rings. The van der Waals surface area contributed by atoms with E-state index in [-0.39, 0.29) is 47.5 Å². The molecule has 5 nitrogen and oxygen atoms in total. The fourth-order valence-electron chi connectivity index (χ4n) is 8.41. The first-order valence-corrected chi connectivity index (χ1v) is 11.7. The Hall–Kier alpha value is -0.940. The molecule has 0 heterocycles. The Kier molecular flexibility index (Phi) is 5.39. The van der Waals surface area contributed by atoms with E-state index in [9.17, 15) is 24.9 Å². The Bertz CT molecular complexity index is 676. The molecule has 0 aliphatic heterocycles. The van der Waals surface area contributed by atoms with E-state index in [0.717, 1.165) is 38.5 Å². The van der Waals surface area contributed by atoms with Crippen LogP contribution >= 0.6 is 0 Å². The molecule has 0 saturated heterocycles. The van der Waals surface area contributed by atoms with E-state index < -0.39 is 17.5 Å². The van der Waals surface area contributed by atoms with E-state index in [1.54, 1.807) is 0 Å². The summed E-state index contributed by atoms with van der Waals surface area (Å²) in [5.41, 5.74) is -0.427. The van der Waals surface area contributed by atoms with Gasteiger partial charge in [-0.1, -0.05) is 20.8 Å². The van der Waals surface area contributed by atoms with E-state index >= 15 is 0 Å². The second-order valence-corrected chi connectivity index (χ2v) is 11.2. The lowest BCUT2D eigenvalue weighted by atomic mass is 9.43. The number of hydrogen-bond donors (Lipinski definition) is 2. The van der Waals surface area contributed by atoms with Crippen molar-refractivity contribution in [3.8, 4) is 0 Å². The van der Waals surface area contributed by atoms with Crippen LogP contribution in [0.15, 0.2) is 0 Å². The van der Waals surface area contributed by atoms with Crippen molar-refractivity contribution in [1.82, 2.24) is 0 Å². The first kappa shape index (κ1) is 21.3. The Morgan fingerprint density at radius 1 is 1.17 bits per heavy atom. The van der Waals surface area contributed by atoms with Gasteiger partial charge in [-0.2, -0.15) is 0 Å². The molecule has 4 fully saturated rings. The molecule has 5 heteroatoms. The van der Waals surface area contributed by atoms with Crippen molar-refractivity contribution >= 4 is 11.8 Å². The zero-order chi connectivity index (χ0) is 21.1. The number of carboxylic acid groups (broad SMARTS) is 1. The molecule has 4 aliphatic carbocycles. The summed E-state index contributed by atoms with van der Waals surface area (Å²) < 4.78 is 0. The summed E-state index contributed by atoms with van der Waals surface area (Å²) in [7, 11) is 0. The van der Waals surface area contributed by atoms with Crippen LogP contribution in [-0.2, 0) is 9.59 Å². The number of carbonyl (C=O) groups is 2. The molecule has 0 radical (unpaired) electrons. The Morgan fingerprint density at radius 2 is 1.90 bits per heavy atom. The van der Waals surface area contributed by atoms with E-state index in [4.69, 9.17) is 0 Å². The molecule has 29 heavy (non-hydrogen) atoms. The quantitative estimate of drug-likeness (QED) is 0.748. The highest BCUT2D eigenvalue weighted by molar-refractivity contribution is 5.87. The SMILES string of the molecule is C[C@@H](CCC(=O)[O-])[C@H]1CC[C@H]2[C@H]3[C@H](O)C[C@@H]4C[C@H](O)CC[C@]4(C)[C@@H]3CC(=O)[C@]12C. The lowest BCUT2D eigenvalue weighted by Crippen LogP contribution is -2.61. The highest BCUT2D eigenvalue weighted by atomic mass is 16.4. The van der Waals surface area contributed by atoms with Gasteiger partial charge in [0.05, 0.1) is 12.2 Å². The highest BCUT2D eigenvalue weighted by Crippen LogP contribution is 2.67. The van der Waals surface area contributed by atoms with Crippen LogP contribution < -0.4 is 5.11 Å². The van der Waals surface area contributed by atoms with Gasteiger partial charge in [0.2, 0.25) is 0 Å². The van der Waals surface area contributed by atoms with Crippen LogP contribution in [0.25, 0.3) is 0 Å². The normalized spacial score (nSPS) is 50.4. The summed E-state index contributed by atoms with van der Waals surface area (Å²) in [6, 6.07) is 0. The molecular formula is C24H37O5-. The average molecular weight is 406 g/mol. The standard InChI is InChI=1S/C24H38O5/c1-13(4-7-21(28)29)16-5-6-17-22-18(12-20(27)24(16,17)3)23(2)9-8-15(25)10-14(23)11-19(22)26/h13-19,22,25-26H,4-12H2,1-3H3,(H,28,29)/p-1/t13-,14-,15+,16+,17-,18+,19+,22+,23-,24+/m0/s1. The van der Waals surface area contributed by atoms with Crippen LogP contribution in [0.3, 0.4) is 0 Å². The first-order chi connectivity index (χ1) is 13.6. The van der Waals surface area contributed by atoms with E-state index in [0.29, 0.717) is 24.5 Å². The number of rotatable bonds is 4. The topological polar surface area (TPSA) is 97.7 Å². The zero-order valence-corrected chi connectivity index (χ0v) is 18.1. The molecule has 4 rings (SSSR count). The fourth-order valence-corrected chi connectivity index (χ4v) is 8.41. The molecule has 0 aromatic heterocycles. The van der Waals surface area contributed by atoms with Gasteiger partial charge in [0, 0.05) is 17.8 Å². The molecule has 0 bridgehead atoms. The summed E-state index contributed by atoms with van der Waals surface area (Å²) >= 11 is 0. The third-order valence-electron chi connectivity index (χ3n) is 10.1. The smallest absolute Gasteiger partial charge is 0.139 e. The molecule has 0 spiro atoms. The van der Waals surface area contributed by atoms with Gasteiger partial charge < -0.3 is 20.1 Å². The lowest BCUT2D eigenvalue weighted by molar-refractivity contribution is -0.306. The molecule has 2 N–H and O–H groups in total. The van der Waals surface area contributed by atoms with E-state index in [2.05, 4.69) is 20.8 Å². The largest absolute Gasteiger partial charge is 0.550 e. The molecular weight excluding hydrogens is 368 g/mol. The Labute approximate surface area is 174 Å². The second kappa shape index (κ2) is 7.33. The molecule has 4 saturated carbocycles. The van der Waals surface area contributed by atoms with Gasteiger partial charge >= 0.3 is 0 Å². The second-order valence-electron chi connectivity index (χ2n) is 11.2. The van der Waals surface area contributed by atoms with Crippen molar-refractivity contribution in [1.29, 1.82) is 0 Å². The number of fused-ring (bicyclic) bond motifs is 5. The number of aliphatic carboxylic acids is 1. The number of carbonyl (C=O) groups excluding carboxylic acids is 2. The monoisotopic (exact) mass is 405 g/mol. The maximum absolute atomic E-state index is 13.6.